The van der Waals surface area contributed by atoms with Gasteiger partial charge < -0.3 is 10.4 Å². The van der Waals surface area contributed by atoms with Crippen molar-refractivity contribution in [2.24, 2.45) is 0 Å². The maximum absolute atomic E-state index is 11.4. The van der Waals surface area contributed by atoms with Crippen molar-refractivity contribution in [1.82, 2.24) is 5.32 Å². The Kier molecular flexibility index (Phi) is 2.04. The Morgan fingerprint density at radius 2 is 1.86 bits per heavy atom. The van der Waals surface area contributed by atoms with Crippen molar-refractivity contribution in [2.45, 2.75) is 18.4 Å². The lowest BCUT2D eigenvalue weighted by Crippen LogP contribution is -2.46. The maximum Gasteiger partial charge on any atom is 0.252 e. The van der Waals surface area contributed by atoms with Crippen molar-refractivity contribution in [3.63, 3.8) is 0 Å². The van der Waals surface area contributed by atoms with E-state index in [4.69, 9.17) is 0 Å². The van der Waals surface area contributed by atoms with Crippen LogP contribution < -0.4 is 5.32 Å². The van der Waals surface area contributed by atoms with Crippen molar-refractivity contribution in [3.05, 3.63) is 35.4 Å². The van der Waals surface area contributed by atoms with Gasteiger partial charge in [-0.05, 0) is 11.1 Å². The molecule has 1 aliphatic carbocycles. The van der Waals surface area contributed by atoms with E-state index in [1.165, 1.54) is 0 Å². The summed E-state index contributed by atoms with van der Waals surface area (Å²) in [5, 5.41) is 12.6. The Morgan fingerprint density at radius 3 is 2.29 bits per heavy atom. The standard InChI is InChI=1S/C11H13NO2/c1-12-10(13)11(14)6-8-4-2-3-5-9(8)7-11/h2-5,14H,6-7H2,1H3,(H,12,13). The highest BCUT2D eigenvalue weighted by molar-refractivity contribution is 5.86. The van der Waals surface area contributed by atoms with Crippen LogP contribution in [0.15, 0.2) is 24.3 Å². The van der Waals surface area contributed by atoms with E-state index < -0.39 is 5.60 Å². The number of benzene rings is 1. The van der Waals surface area contributed by atoms with Crippen LogP contribution in [0.5, 0.6) is 0 Å². The predicted molar refractivity (Wildman–Crippen MR) is 52.9 cm³/mol. The summed E-state index contributed by atoms with van der Waals surface area (Å²) in [6.07, 6.45) is 0.839. The highest BCUT2D eigenvalue weighted by atomic mass is 16.3. The minimum absolute atomic E-state index is 0.297. The number of hydrogen-bond acceptors (Lipinski definition) is 2. The van der Waals surface area contributed by atoms with Crippen LogP contribution >= 0.6 is 0 Å². The summed E-state index contributed by atoms with van der Waals surface area (Å²) in [7, 11) is 1.54. The molecule has 74 valence electrons. The number of likely N-dealkylation sites (N-methyl/N-ethyl adjacent to an activating group) is 1. The van der Waals surface area contributed by atoms with Crippen LogP contribution in [0.4, 0.5) is 0 Å². The zero-order valence-corrected chi connectivity index (χ0v) is 8.08. The Morgan fingerprint density at radius 1 is 1.36 bits per heavy atom. The van der Waals surface area contributed by atoms with E-state index in [-0.39, 0.29) is 5.91 Å². The number of aliphatic hydroxyl groups is 1. The monoisotopic (exact) mass is 191 g/mol. The van der Waals surface area contributed by atoms with Gasteiger partial charge in [0.15, 0.2) is 5.60 Å². The average molecular weight is 191 g/mol. The summed E-state index contributed by atoms with van der Waals surface area (Å²) in [5.74, 6) is -0.297. The molecule has 1 aromatic carbocycles. The van der Waals surface area contributed by atoms with Gasteiger partial charge in [-0.2, -0.15) is 0 Å². The molecule has 1 aromatic rings. The third-order valence-corrected chi connectivity index (χ3v) is 2.73. The van der Waals surface area contributed by atoms with E-state index >= 15 is 0 Å². The molecule has 0 atom stereocenters. The summed E-state index contributed by atoms with van der Waals surface area (Å²) >= 11 is 0. The second-order valence-corrected chi connectivity index (χ2v) is 3.73. The molecule has 0 radical (unpaired) electrons. The Balaban J connectivity index is 2.30. The highest BCUT2D eigenvalue weighted by Crippen LogP contribution is 2.29. The molecule has 2 rings (SSSR count). The molecule has 3 heteroatoms. The first-order valence-corrected chi connectivity index (χ1v) is 4.67. The van der Waals surface area contributed by atoms with Gasteiger partial charge in [-0.3, -0.25) is 4.79 Å². The quantitative estimate of drug-likeness (QED) is 0.669. The highest BCUT2D eigenvalue weighted by Gasteiger charge is 2.41. The molecule has 0 heterocycles. The van der Waals surface area contributed by atoms with Crippen LogP contribution in [-0.2, 0) is 17.6 Å². The lowest BCUT2D eigenvalue weighted by atomic mass is 10.00. The van der Waals surface area contributed by atoms with Crippen molar-refractivity contribution in [2.75, 3.05) is 7.05 Å². The molecule has 0 saturated carbocycles. The van der Waals surface area contributed by atoms with Gasteiger partial charge in [0.25, 0.3) is 5.91 Å². The molecule has 2 N–H and O–H groups in total. The molecule has 14 heavy (non-hydrogen) atoms. The van der Waals surface area contributed by atoms with E-state index in [1.54, 1.807) is 7.05 Å². The Hall–Kier alpha value is -1.35. The van der Waals surface area contributed by atoms with Gasteiger partial charge >= 0.3 is 0 Å². The minimum Gasteiger partial charge on any atom is -0.379 e. The van der Waals surface area contributed by atoms with E-state index in [0.29, 0.717) is 12.8 Å². The van der Waals surface area contributed by atoms with Crippen molar-refractivity contribution in [1.29, 1.82) is 0 Å². The molecule has 1 aliphatic rings. The fraction of sp³-hybridized carbons (Fsp3) is 0.364. The molecule has 0 fully saturated rings. The lowest BCUT2D eigenvalue weighted by Gasteiger charge is -2.19. The van der Waals surface area contributed by atoms with Crippen LogP contribution in [-0.4, -0.2) is 23.7 Å². The number of amides is 1. The van der Waals surface area contributed by atoms with E-state index in [0.717, 1.165) is 11.1 Å². The summed E-state index contributed by atoms with van der Waals surface area (Å²) in [5.41, 5.74) is 0.899. The number of fused-ring (bicyclic) bond motifs is 1. The SMILES string of the molecule is CNC(=O)C1(O)Cc2ccccc2C1. The van der Waals surface area contributed by atoms with Crippen molar-refractivity contribution < 1.29 is 9.90 Å². The van der Waals surface area contributed by atoms with E-state index in [1.807, 2.05) is 24.3 Å². The first-order valence-electron chi connectivity index (χ1n) is 4.67. The smallest absolute Gasteiger partial charge is 0.252 e. The first kappa shape index (κ1) is 9.21. The van der Waals surface area contributed by atoms with Gasteiger partial charge in [-0.1, -0.05) is 24.3 Å². The summed E-state index contributed by atoms with van der Waals surface area (Å²) < 4.78 is 0. The van der Waals surface area contributed by atoms with Gasteiger partial charge in [0.2, 0.25) is 0 Å². The third kappa shape index (κ3) is 1.30. The third-order valence-electron chi connectivity index (χ3n) is 2.73. The van der Waals surface area contributed by atoms with Gasteiger partial charge in [0.1, 0.15) is 0 Å². The van der Waals surface area contributed by atoms with Gasteiger partial charge in [0, 0.05) is 19.9 Å². The number of nitrogens with one attached hydrogen (secondary N) is 1. The second-order valence-electron chi connectivity index (χ2n) is 3.73. The predicted octanol–water partition coefficient (Wildman–Crippen LogP) is 0.262. The number of rotatable bonds is 1. The topological polar surface area (TPSA) is 49.3 Å². The fourth-order valence-electron chi connectivity index (χ4n) is 1.99. The van der Waals surface area contributed by atoms with E-state index in [9.17, 15) is 9.90 Å². The van der Waals surface area contributed by atoms with Gasteiger partial charge in [-0.15, -0.1) is 0 Å². The molecule has 3 nitrogen and oxygen atoms in total. The zero-order chi connectivity index (χ0) is 10.2. The van der Waals surface area contributed by atoms with Crippen LogP contribution in [0.2, 0.25) is 0 Å². The minimum atomic E-state index is -1.24. The zero-order valence-electron chi connectivity index (χ0n) is 8.08. The summed E-state index contributed by atoms with van der Waals surface area (Å²) in [6, 6.07) is 7.76. The second kappa shape index (κ2) is 3.10. The largest absolute Gasteiger partial charge is 0.379 e. The Bertz CT molecular complexity index is 348. The van der Waals surface area contributed by atoms with Crippen LogP contribution in [0.3, 0.4) is 0 Å². The molecule has 0 aromatic heterocycles. The molecule has 0 spiro atoms. The van der Waals surface area contributed by atoms with Crippen LogP contribution in [0.25, 0.3) is 0 Å². The molecule has 0 unspecified atom stereocenters. The summed E-state index contributed by atoms with van der Waals surface area (Å²) in [4.78, 5) is 11.4. The van der Waals surface area contributed by atoms with Gasteiger partial charge in [-0.25, -0.2) is 0 Å². The first-order chi connectivity index (χ1) is 6.65. The number of carbonyl (C=O) groups excluding carboxylic acids is 1. The van der Waals surface area contributed by atoms with Crippen molar-refractivity contribution in [3.8, 4) is 0 Å². The molecule has 0 bridgehead atoms. The summed E-state index contributed by atoms with van der Waals surface area (Å²) in [6.45, 7) is 0. The van der Waals surface area contributed by atoms with Gasteiger partial charge in [0.05, 0.1) is 0 Å². The number of hydrogen-bond donors (Lipinski definition) is 2. The molecule has 0 aliphatic heterocycles. The van der Waals surface area contributed by atoms with Crippen LogP contribution in [0.1, 0.15) is 11.1 Å². The molecule has 1 amide bonds. The van der Waals surface area contributed by atoms with Crippen LogP contribution in [0, 0.1) is 0 Å². The Labute approximate surface area is 82.8 Å². The normalized spacial score (nSPS) is 17.6. The maximum atomic E-state index is 11.4. The fourth-order valence-corrected chi connectivity index (χ4v) is 1.99. The average Bonchev–Trinajstić information content (AvgIpc) is 2.54. The van der Waals surface area contributed by atoms with E-state index in [2.05, 4.69) is 5.32 Å². The molecular weight excluding hydrogens is 178 g/mol. The van der Waals surface area contributed by atoms with Crippen molar-refractivity contribution >= 4 is 5.91 Å². The number of carbonyl (C=O) groups is 1. The molecular formula is C11H13NO2. The lowest BCUT2D eigenvalue weighted by molar-refractivity contribution is -0.138. The molecule has 0 saturated heterocycles.